The van der Waals surface area contributed by atoms with E-state index in [0.29, 0.717) is 6.54 Å². The van der Waals surface area contributed by atoms with Crippen molar-refractivity contribution in [2.24, 2.45) is 0 Å². The highest BCUT2D eigenvalue weighted by Crippen LogP contribution is 1.92. The van der Waals surface area contributed by atoms with E-state index < -0.39 is 31.0 Å². The summed E-state index contributed by atoms with van der Waals surface area (Å²) in [5.74, 6) is -4.05. The molecule has 0 N–H and O–H groups in total. The second-order valence-electron chi connectivity index (χ2n) is 3.70. The van der Waals surface area contributed by atoms with Gasteiger partial charge in [0.25, 0.3) is 0 Å². The molecular weight excluding hydrogens is 244 g/mol. The van der Waals surface area contributed by atoms with Crippen LogP contribution in [0.25, 0.3) is 0 Å². The standard InChI is InChI=1S/C10H18N2O6/c1-2-11(5-8(13)14)3-4-12(6-9(15)16)7-10(17)18/h2-7H2,1H3,(H,13,14)(H,15,16)(H,17,18)/p-3. The molecule has 0 rings (SSSR count). The van der Waals surface area contributed by atoms with Crippen LogP contribution in [0, 0.1) is 0 Å². The van der Waals surface area contributed by atoms with Gasteiger partial charge >= 0.3 is 0 Å². The molecule has 0 spiro atoms. The summed E-state index contributed by atoms with van der Waals surface area (Å²) in [7, 11) is 0. The minimum atomic E-state index is -1.40. The van der Waals surface area contributed by atoms with Crippen molar-refractivity contribution >= 4 is 17.9 Å². The van der Waals surface area contributed by atoms with Crippen molar-refractivity contribution in [2.45, 2.75) is 6.92 Å². The smallest absolute Gasteiger partial charge is 0.0555 e. The number of likely N-dealkylation sites (N-methyl/N-ethyl adjacent to an activating group) is 1. The quantitative estimate of drug-likeness (QED) is 0.381. The summed E-state index contributed by atoms with van der Waals surface area (Å²) in [5, 5.41) is 31.2. The third-order valence-corrected chi connectivity index (χ3v) is 2.24. The molecule has 8 nitrogen and oxygen atoms in total. The summed E-state index contributed by atoms with van der Waals surface area (Å²) in [5.41, 5.74) is 0. The molecule has 0 radical (unpaired) electrons. The Morgan fingerprint density at radius 3 is 1.44 bits per heavy atom. The zero-order valence-corrected chi connectivity index (χ0v) is 10.1. The molecule has 0 saturated carbocycles. The van der Waals surface area contributed by atoms with E-state index in [1.165, 1.54) is 4.90 Å². The van der Waals surface area contributed by atoms with Crippen molar-refractivity contribution in [3.8, 4) is 0 Å². The lowest BCUT2D eigenvalue weighted by Gasteiger charge is -2.27. The Labute approximate surface area is 104 Å². The first kappa shape index (κ1) is 16.3. The van der Waals surface area contributed by atoms with Crippen LogP contribution in [0.2, 0.25) is 0 Å². The van der Waals surface area contributed by atoms with Crippen LogP contribution in [0.1, 0.15) is 6.92 Å². The van der Waals surface area contributed by atoms with Gasteiger partial charge < -0.3 is 29.7 Å². The summed E-state index contributed by atoms with van der Waals surface area (Å²) >= 11 is 0. The molecule has 0 saturated heterocycles. The number of carbonyl (C=O) groups is 3. The van der Waals surface area contributed by atoms with Crippen LogP contribution in [0.3, 0.4) is 0 Å². The SMILES string of the molecule is CCN(CCN(CC(=O)[O-])CC(=O)[O-])CC(=O)[O-]. The maximum absolute atomic E-state index is 10.4. The molecule has 18 heavy (non-hydrogen) atoms. The third kappa shape index (κ3) is 8.48. The van der Waals surface area contributed by atoms with E-state index in [1.807, 2.05) is 0 Å². The van der Waals surface area contributed by atoms with Gasteiger partial charge in [-0.1, -0.05) is 6.92 Å². The second kappa shape index (κ2) is 8.43. The fourth-order valence-corrected chi connectivity index (χ4v) is 1.39. The molecule has 0 heterocycles. The predicted molar refractivity (Wildman–Crippen MR) is 53.6 cm³/mol. The Kier molecular flexibility index (Phi) is 7.64. The van der Waals surface area contributed by atoms with E-state index in [2.05, 4.69) is 0 Å². The van der Waals surface area contributed by atoms with E-state index >= 15 is 0 Å². The fourth-order valence-electron chi connectivity index (χ4n) is 1.39. The molecule has 0 atom stereocenters. The third-order valence-electron chi connectivity index (χ3n) is 2.24. The highest BCUT2D eigenvalue weighted by Gasteiger charge is 2.09. The van der Waals surface area contributed by atoms with Gasteiger partial charge in [0.2, 0.25) is 0 Å². The Morgan fingerprint density at radius 1 is 0.778 bits per heavy atom. The van der Waals surface area contributed by atoms with Gasteiger partial charge in [-0.15, -0.1) is 0 Å². The first-order valence-corrected chi connectivity index (χ1v) is 5.39. The Balaban J connectivity index is 4.25. The summed E-state index contributed by atoms with van der Waals surface area (Å²) in [6.07, 6.45) is 0. The van der Waals surface area contributed by atoms with Crippen molar-refractivity contribution in [1.29, 1.82) is 0 Å². The van der Waals surface area contributed by atoms with Crippen molar-refractivity contribution in [2.75, 3.05) is 39.3 Å². The van der Waals surface area contributed by atoms with Crippen LogP contribution >= 0.6 is 0 Å². The summed E-state index contributed by atoms with van der Waals surface area (Å²) in [6, 6.07) is 0. The van der Waals surface area contributed by atoms with Crippen molar-refractivity contribution in [1.82, 2.24) is 9.80 Å². The van der Waals surface area contributed by atoms with Gasteiger partial charge in [-0.2, -0.15) is 0 Å². The van der Waals surface area contributed by atoms with Crippen molar-refractivity contribution < 1.29 is 29.7 Å². The van der Waals surface area contributed by atoms with Crippen molar-refractivity contribution in [3.05, 3.63) is 0 Å². The molecule has 104 valence electrons. The van der Waals surface area contributed by atoms with Gasteiger partial charge in [-0.25, -0.2) is 0 Å². The number of rotatable bonds is 10. The monoisotopic (exact) mass is 259 g/mol. The Bertz CT molecular complexity index is 291. The largest absolute Gasteiger partial charge is 0.549 e. The maximum Gasteiger partial charge on any atom is 0.0555 e. The van der Waals surface area contributed by atoms with Gasteiger partial charge in [-0.3, -0.25) is 9.80 Å². The van der Waals surface area contributed by atoms with Gasteiger partial charge in [0.15, 0.2) is 0 Å². The Morgan fingerprint density at radius 2 is 1.11 bits per heavy atom. The number of carbonyl (C=O) groups excluding carboxylic acids is 3. The van der Waals surface area contributed by atoms with E-state index in [-0.39, 0.29) is 19.6 Å². The number of carboxylic acid groups (broad SMARTS) is 3. The van der Waals surface area contributed by atoms with Crippen LogP contribution in [-0.4, -0.2) is 67.0 Å². The fraction of sp³-hybridized carbons (Fsp3) is 0.700. The molecule has 0 fully saturated rings. The lowest BCUT2D eigenvalue weighted by molar-refractivity contribution is -0.311. The molecule has 0 unspecified atom stereocenters. The van der Waals surface area contributed by atoms with Gasteiger partial charge in [-0.05, 0) is 6.54 Å². The van der Waals surface area contributed by atoms with E-state index in [4.69, 9.17) is 0 Å². The zero-order chi connectivity index (χ0) is 14.1. The molecule has 0 aliphatic carbocycles. The summed E-state index contributed by atoms with van der Waals surface area (Å²) < 4.78 is 0. The summed E-state index contributed by atoms with van der Waals surface area (Å²) in [6.45, 7) is 1.08. The normalized spacial score (nSPS) is 10.8. The number of hydrogen-bond acceptors (Lipinski definition) is 8. The van der Waals surface area contributed by atoms with Gasteiger partial charge in [0.1, 0.15) is 0 Å². The first-order chi connectivity index (χ1) is 8.35. The minimum absolute atomic E-state index is 0.0864. The van der Waals surface area contributed by atoms with Gasteiger partial charge in [0.05, 0.1) is 17.9 Å². The molecule has 0 amide bonds. The highest BCUT2D eigenvalue weighted by molar-refractivity contribution is 5.70. The van der Waals surface area contributed by atoms with E-state index in [0.717, 1.165) is 4.90 Å². The van der Waals surface area contributed by atoms with Crippen LogP contribution in [0.5, 0.6) is 0 Å². The molecular formula is C10H15N2O6-3. The van der Waals surface area contributed by atoms with Crippen LogP contribution in [0.15, 0.2) is 0 Å². The highest BCUT2D eigenvalue weighted by atomic mass is 16.4. The average Bonchev–Trinajstić information content (AvgIpc) is 2.21. The van der Waals surface area contributed by atoms with Crippen LogP contribution in [-0.2, 0) is 14.4 Å². The van der Waals surface area contributed by atoms with E-state index in [9.17, 15) is 29.7 Å². The van der Waals surface area contributed by atoms with E-state index in [1.54, 1.807) is 6.92 Å². The Hall–Kier alpha value is -1.67. The lowest BCUT2D eigenvalue weighted by atomic mass is 10.4. The minimum Gasteiger partial charge on any atom is -0.549 e. The average molecular weight is 259 g/mol. The molecule has 0 aromatic heterocycles. The zero-order valence-electron chi connectivity index (χ0n) is 10.1. The molecule has 0 aromatic rings. The number of aliphatic carboxylic acids is 3. The van der Waals surface area contributed by atoms with Crippen molar-refractivity contribution in [3.63, 3.8) is 0 Å². The maximum atomic E-state index is 10.4. The lowest BCUT2D eigenvalue weighted by Crippen LogP contribution is -2.48. The number of nitrogens with zero attached hydrogens (tertiary/aromatic N) is 2. The molecule has 0 aliphatic rings. The van der Waals surface area contributed by atoms with Crippen LogP contribution in [0.4, 0.5) is 0 Å². The number of hydrogen-bond donors (Lipinski definition) is 0. The molecule has 8 heteroatoms. The second-order valence-corrected chi connectivity index (χ2v) is 3.70. The predicted octanol–water partition coefficient (Wildman–Crippen LogP) is -5.14. The van der Waals surface area contributed by atoms with Gasteiger partial charge in [0, 0.05) is 32.7 Å². The van der Waals surface area contributed by atoms with Crippen LogP contribution < -0.4 is 15.3 Å². The molecule has 0 aromatic carbocycles. The summed E-state index contributed by atoms with van der Waals surface area (Å²) in [4.78, 5) is 33.8. The topological polar surface area (TPSA) is 127 Å². The first-order valence-electron chi connectivity index (χ1n) is 5.39. The number of carboxylic acids is 3. The molecule has 0 bridgehead atoms. The molecule has 0 aliphatic heterocycles.